The number of hydrogen-bond donors (Lipinski definition) is 1. The molecule has 1 N–H and O–H groups in total. The summed E-state index contributed by atoms with van der Waals surface area (Å²) in [6.07, 6.45) is 3.36. The van der Waals surface area contributed by atoms with Crippen LogP contribution in [0.4, 0.5) is 14.5 Å². The normalized spacial score (nSPS) is 10.3. The molecule has 3 nitrogen and oxygen atoms in total. The molecule has 88 valence electrons. The van der Waals surface area contributed by atoms with Gasteiger partial charge in [-0.1, -0.05) is 0 Å². The van der Waals surface area contributed by atoms with E-state index in [0.29, 0.717) is 5.56 Å². The summed E-state index contributed by atoms with van der Waals surface area (Å²) >= 11 is 0. The van der Waals surface area contributed by atoms with E-state index in [4.69, 9.17) is 0 Å². The molecule has 0 aliphatic rings. The van der Waals surface area contributed by atoms with E-state index in [9.17, 15) is 13.6 Å². The molecular formula is C12H10F2N2O. The number of benzene rings is 1. The van der Waals surface area contributed by atoms with Gasteiger partial charge < -0.3 is 9.88 Å². The van der Waals surface area contributed by atoms with Crippen LogP contribution in [0.1, 0.15) is 10.4 Å². The Labute approximate surface area is 96.7 Å². The van der Waals surface area contributed by atoms with E-state index in [1.807, 2.05) is 0 Å². The Kier molecular flexibility index (Phi) is 2.91. The molecule has 2 rings (SSSR count). The van der Waals surface area contributed by atoms with Gasteiger partial charge in [-0.05, 0) is 18.2 Å². The minimum absolute atomic E-state index is 0.220. The number of anilines is 1. The molecule has 0 bridgehead atoms. The van der Waals surface area contributed by atoms with Crippen molar-refractivity contribution in [3.63, 3.8) is 0 Å². The maximum atomic E-state index is 12.9. The van der Waals surface area contributed by atoms with Crippen LogP contribution in [-0.4, -0.2) is 10.5 Å². The average Bonchev–Trinajstić information content (AvgIpc) is 2.70. The first-order valence-corrected chi connectivity index (χ1v) is 4.94. The number of carbonyl (C=O) groups excluding carboxylic acids is 1. The summed E-state index contributed by atoms with van der Waals surface area (Å²) in [7, 11) is 1.79. The van der Waals surface area contributed by atoms with Crippen LogP contribution in [-0.2, 0) is 7.05 Å². The predicted octanol–water partition coefficient (Wildman–Crippen LogP) is 2.56. The van der Waals surface area contributed by atoms with Crippen molar-refractivity contribution in [1.29, 1.82) is 0 Å². The van der Waals surface area contributed by atoms with E-state index in [2.05, 4.69) is 5.32 Å². The second-order valence-corrected chi connectivity index (χ2v) is 3.65. The summed E-state index contributed by atoms with van der Waals surface area (Å²) in [6.45, 7) is 0. The molecule has 1 heterocycles. The van der Waals surface area contributed by atoms with Gasteiger partial charge >= 0.3 is 0 Å². The van der Waals surface area contributed by atoms with Crippen molar-refractivity contribution in [2.45, 2.75) is 0 Å². The fraction of sp³-hybridized carbons (Fsp3) is 0.0833. The van der Waals surface area contributed by atoms with Gasteiger partial charge in [0.1, 0.15) is 0 Å². The van der Waals surface area contributed by atoms with Crippen LogP contribution >= 0.6 is 0 Å². The van der Waals surface area contributed by atoms with Crippen LogP contribution in [0.25, 0.3) is 0 Å². The smallest absolute Gasteiger partial charge is 0.257 e. The summed E-state index contributed by atoms with van der Waals surface area (Å²) in [5.41, 5.74) is 0.676. The molecule has 0 saturated carbocycles. The van der Waals surface area contributed by atoms with Crippen LogP contribution in [0.2, 0.25) is 0 Å². The van der Waals surface area contributed by atoms with Crippen molar-refractivity contribution < 1.29 is 13.6 Å². The summed E-state index contributed by atoms with van der Waals surface area (Å²) in [4.78, 5) is 11.7. The van der Waals surface area contributed by atoms with Gasteiger partial charge in [-0.3, -0.25) is 4.79 Å². The number of carbonyl (C=O) groups is 1. The van der Waals surface area contributed by atoms with Gasteiger partial charge in [0.15, 0.2) is 11.6 Å². The molecule has 0 radical (unpaired) electrons. The van der Waals surface area contributed by atoms with Gasteiger partial charge in [0.25, 0.3) is 5.91 Å². The maximum absolute atomic E-state index is 12.9. The number of aryl methyl sites for hydroxylation is 1. The highest BCUT2D eigenvalue weighted by atomic mass is 19.2. The predicted molar refractivity (Wildman–Crippen MR) is 59.7 cm³/mol. The van der Waals surface area contributed by atoms with Gasteiger partial charge in [0, 0.05) is 31.2 Å². The topological polar surface area (TPSA) is 34.0 Å². The Morgan fingerprint density at radius 3 is 2.59 bits per heavy atom. The first-order chi connectivity index (χ1) is 8.06. The molecular weight excluding hydrogens is 226 g/mol. The number of rotatable bonds is 2. The van der Waals surface area contributed by atoms with Crippen molar-refractivity contribution >= 4 is 11.6 Å². The second kappa shape index (κ2) is 4.37. The van der Waals surface area contributed by atoms with Crippen molar-refractivity contribution in [2.75, 3.05) is 5.32 Å². The molecule has 1 aromatic carbocycles. The maximum Gasteiger partial charge on any atom is 0.257 e. The summed E-state index contributed by atoms with van der Waals surface area (Å²) in [6, 6.07) is 4.85. The third-order valence-electron chi connectivity index (χ3n) is 2.27. The minimum Gasteiger partial charge on any atom is -0.356 e. The van der Waals surface area contributed by atoms with Crippen LogP contribution in [0.5, 0.6) is 0 Å². The molecule has 2 aromatic rings. The number of hydrogen-bond acceptors (Lipinski definition) is 1. The second-order valence-electron chi connectivity index (χ2n) is 3.65. The monoisotopic (exact) mass is 236 g/mol. The molecule has 0 spiro atoms. The van der Waals surface area contributed by atoms with E-state index >= 15 is 0 Å². The lowest BCUT2D eigenvalue weighted by molar-refractivity contribution is 0.102. The van der Waals surface area contributed by atoms with E-state index in [1.165, 1.54) is 6.07 Å². The van der Waals surface area contributed by atoms with E-state index in [1.54, 1.807) is 30.1 Å². The zero-order valence-electron chi connectivity index (χ0n) is 9.08. The SMILES string of the molecule is Cn1ccc(C(=O)Nc2ccc(F)c(F)c2)c1. The van der Waals surface area contributed by atoms with Crippen LogP contribution in [0.3, 0.4) is 0 Å². The van der Waals surface area contributed by atoms with Crippen molar-refractivity contribution in [1.82, 2.24) is 4.57 Å². The van der Waals surface area contributed by atoms with Crippen molar-refractivity contribution in [3.05, 3.63) is 53.9 Å². The zero-order chi connectivity index (χ0) is 12.4. The Bertz CT molecular complexity index is 563. The number of halogens is 2. The van der Waals surface area contributed by atoms with E-state index < -0.39 is 11.6 Å². The quantitative estimate of drug-likeness (QED) is 0.854. The Hall–Kier alpha value is -2.17. The molecule has 0 aliphatic heterocycles. The number of aromatic nitrogens is 1. The molecule has 0 aliphatic carbocycles. The van der Waals surface area contributed by atoms with Gasteiger partial charge in [0.05, 0.1) is 5.56 Å². The van der Waals surface area contributed by atoms with Crippen LogP contribution in [0.15, 0.2) is 36.7 Å². The number of amides is 1. The van der Waals surface area contributed by atoms with Gasteiger partial charge in [-0.15, -0.1) is 0 Å². The van der Waals surface area contributed by atoms with E-state index in [0.717, 1.165) is 12.1 Å². The first kappa shape index (κ1) is 11.3. The van der Waals surface area contributed by atoms with Crippen LogP contribution in [0, 0.1) is 11.6 Å². The van der Waals surface area contributed by atoms with Gasteiger partial charge in [0.2, 0.25) is 0 Å². The lowest BCUT2D eigenvalue weighted by atomic mass is 10.2. The molecule has 0 fully saturated rings. The standard InChI is InChI=1S/C12H10F2N2O/c1-16-5-4-8(7-16)12(17)15-9-2-3-10(13)11(14)6-9/h2-7H,1H3,(H,15,17). The highest BCUT2D eigenvalue weighted by molar-refractivity contribution is 6.04. The van der Waals surface area contributed by atoms with Crippen molar-refractivity contribution in [2.24, 2.45) is 7.05 Å². The van der Waals surface area contributed by atoms with Crippen molar-refractivity contribution in [3.8, 4) is 0 Å². The molecule has 1 aromatic heterocycles. The third-order valence-corrected chi connectivity index (χ3v) is 2.27. The van der Waals surface area contributed by atoms with Crippen LogP contribution < -0.4 is 5.32 Å². The largest absolute Gasteiger partial charge is 0.356 e. The molecule has 0 unspecified atom stereocenters. The summed E-state index contributed by atoms with van der Waals surface area (Å²) in [5.74, 6) is -2.30. The third kappa shape index (κ3) is 2.50. The fourth-order valence-corrected chi connectivity index (χ4v) is 1.41. The zero-order valence-corrected chi connectivity index (χ0v) is 9.08. The summed E-state index contributed by atoms with van der Waals surface area (Å²) < 4.78 is 27.3. The molecule has 17 heavy (non-hydrogen) atoms. The molecule has 1 amide bonds. The fourth-order valence-electron chi connectivity index (χ4n) is 1.41. The minimum atomic E-state index is -0.990. The van der Waals surface area contributed by atoms with Gasteiger partial charge in [-0.25, -0.2) is 8.78 Å². The summed E-state index contributed by atoms with van der Waals surface area (Å²) in [5, 5.41) is 2.48. The molecule has 0 saturated heterocycles. The lowest BCUT2D eigenvalue weighted by Crippen LogP contribution is -2.11. The average molecular weight is 236 g/mol. The Morgan fingerprint density at radius 1 is 1.24 bits per heavy atom. The molecule has 0 atom stereocenters. The number of nitrogens with zero attached hydrogens (tertiary/aromatic N) is 1. The lowest BCUT2D eigenvalue weighted by Gasteiger charge is -2.03. The number of nitrogens with one attached hydrogen (secondary N) is 1. The van der Waals surface area contributed by atoms with Gasteiger partial charge in [-0.2, -0.15) is 0 Å². The van der Waals surface area contributed by atoms with E-state index in [-0.39, 0.29) is 11.6 Å². The Balaban J connectivity index is 2.15. The molecule has 5 heteroatoms. The Morgan fingerprint density at radius 2 is 2.00 bits per heavy atom. The highest BCUT2D eigenvalue weighted by Gasteiger charge is 2.08. The highest BCUT2D eigenvalue weighted by Crippen LogP contribution is 2.14. The first-order valence-electron chi connectivity index (χ1n) is 4.94.